The first-order valence-corrected chi connectivity index (χ1v) is 3.52. The second-order valence-electron chi connectivity index (χ2n) is 1.98. The van der Waals surface area contributed by atoms with Crippen molar-refractivity contribution in [2.75, 3.05) is 0 Å². The van der Waals surface area contributed by atoms with E-state index >= 15 is 0 Å². The zero-order valence-corrected chi connectivity index (χ0v) is 6.81. The fraction of sp³-hybridized carbons (Fsp3) is 0. The van der Waals surface area contributed by atoms with E-state index in [-0.39, 0.29) is 4.74 Å². The van der Waals surface area contributed by atoms with E-state index in [0.29, 0.717) is 5.69 Å². The SMILES string of the molecule is O=C=[N+]([O-])c1cccc(P)c1. The Labute approximate surface area is 66.1 Å². The van der Waals surface area contributed by atoms with Gasteiger partial charge >= 0.3 is 6.08 Å². The van der Waals surface area contributed by atoms with Gasteiger partial charge in [-0.3, -0.25) is 0 Å². The molecule has 0 radical (unpaired) electrons. The van der Waals surface area contributed by atoms with Crippen LogP contribution in [0.2, 0.25) is 0 Å². The fourth-order valence-electron chi connectivity index (χ4n) is 0.704. The Morgan fingerprint density at radius 2 is 2.27 bits per heavy atom. The summed E-state index contributed by atoms with van der Waals surface area (Å²) in [6.45, 7) is 0. The summed E-state index contributed by atoms with van der Waals surface area (Å²) in [5.74, 6) is 0. The van der Waals surface area contributed by atoms with Crippen molar-refractivity contribution in [2.45, 2.75) is 0 Å². The fourth-order valence-corrected chi connectivity index (χ4v) is 0.986. The van der Waals surface area contributed by atoms with Crippen LogP contribution in [0.5, 0.6) is 0 Å². The van der Waals surface area contributed by atoms with Crippen molar-refractivity contribution in [1.29, 1.82) is 0 Å². The summed E-state index contributed by atoms with van der Waals surface area (Å²) in [5.41, 5.74) is 0.299. The standard InChI is InChI=1S/C7H6NO2P/c9-5-8(10)6-2-1-3-7(11)4-6/h1-4H,11H2. The van der Waals surface area contributed by atoms with Crippen LogP contribution in [-0.4, -0.2) is 10.8 Å². The minimum Gasteiger partial charge on any atom is -0.607 e. The van der Waals surface area contributed by atoms with Gasteiger partial charge in [0.05, 0.1) is 0 Å². The third-order valence-electron chi connectivity index (χ3n) is 1.19. The van der Waals surface area contributed by atoms with Gasteiger partial charge in [-0.05, 0) is 5.30 Å². The van der Waals surface area contributed by atoms with Crippen LogP contribution in [0.25, 0.3) is 0 Å². The van der Waals surface area contributed by atoms with Crippen molar-refractivity contribution in [3.63, 3.8) is 0 Å². The first kappa shape index (κ1) is 7.93. The number of benzene rings is 1. The summed E-state index contributed by atoms with van der Waals surface area (Å²) in [4.78, 5) is 9.90. The van der Waals surface area contributed by atoms with Crippen LogP contribution in [-0.2, 0) is 4.79 Å². The molecule has 0 N–H and O–H groups in total. The molecule has 3 nitrogen and oxygen atoms in total. The molecule has 4 heteroatoms. The molecule has 0 bridgehead atoms. The van der Waals surface area contributed by atoms with Gasteiger partial charge < -0.3 is 5.21 Å². The van der Waals surface area contributed by atoms with Gasteiger partial charge in [0.15, 0.2) is 0 Å². The molecule has 0 saturated heterocycles. The zero-order valence-electron chi connectivity index (χ0n) is 5.65. The highest BCUT2D eigenvalue weighted by atomic mass is 31.0. The van der Waals surface area contributed by atoms with Crippen LogP contribution in [0.15, 0.2) is 24.3 Å². The maximum atomic E-state index is 10.6. The highest BCUT2D eigenvalue weighted by Crippen LogP contribution is 2.07. The lowest BCUT2D eigenvalue weighted by molar-refractivity contribution is -0.357. The van der Waals surface area contributed by atoms with Crippen LogP contribution in [0.1, 0.15) is 0 Å². The summed E-state index contributed by atoms with van der Waals surface area (Å²) in [6, 6.07) is 6.64. The molecule has 11 heavy (non-hydrogen) atoms. The molecule has 0 aliphatic carbocycles. The maximum absolute atomic E-state index is 10.6. The summed E-state index contributed by atoms with van der Waals surface area (Å²) in [6.07, 6.45) is 1.23. The average molecular weight is 167 g/mol. The van der Waals surface area contributed by atoms with Gasteiger partial charge in [0.1, 0.15) is 0 Å². The largest absolute Gasteiger partial charge is 0.607 e. The lowest BCUT2D eigenvalue weighted by Gasteiger charge is -1.96. The molecule has 1 rings (SSSR count). The Bertz CT molecular complexity index is 318. The predicted octanol–water partition coefficient (Wildman–Crippen LogP) is 0.665. The second-order valence-corrected chi connectivity index (χ2v) is 2.65. The predicted molar refractivity (Wildman–Crippen MR) is 44.8 cm³/mol. The highest BCUT2D eigenvalue weighted by molar-refractivity contribution is 7.27. The zero-order chi connectivity index (χ0) is 8.27. The first-order valence-electron chi connectivity index (χ1n) is 2.94. The van der Waals surface area contributed by atoms with E-state index in [4.69, 9.17) is 0 Å². The maximum Gasteiger partial charge on any atom is 0.443 e. The molecule has 0 aromatic heterocycles. The summed E-state index contributed by atoms with van der Waals surface area (Å²) >= 11 is 0. The smallest absolute Gasteiger partial charge is 0.443 e. The van der Waals surface area contributed by atoms with Crippen molar-refractivity contribution in [3.05, 3.63) is 29.5 Å². The number of hydrogen-bond acceptors (Lipinski definition) is 2. The van der Waals surface area contributed by atoms with E-state index in [1.165, 1.54) is 6.08 Å². The molecule has 0 saturated carbocycles. The topological polar surface area (TPSA) is 43.1 Å². The molecule has 0 amide bonds. The highest BCUT2D eigenvalue weighted by Gasteiger charge is 1.99. The van der Waals surface area contributed by atoms with Crippen LogP contribution in [0, 0.1) is 5.21 Å². The molecule has 0 fully saturated rings. The summed E-state index contributed by atoms with van der Waals surface area (Å²) in [5, 5.41) is 11.5. The minimum absolute atomic E-state index is 0.160. The average Bonchev–Trinajstić information content (AvgIpc) is 2.03. The Kier molecular flexibility index (Phi) is 2.37. The van der Waals surface area contributed by atoms with Gasteiger partial charge in [-0.1, -0.05) is 16.9 Å². The molecule has 56 valence electrons. The Hall–Kier alpha value is -1.17. The number of carbonyl (C=O) groups excluding carboxylic acids is 1. The molecular formula is C7H6NO2P. The summed E-state index contributed by atoms with van der Waals surface area (Å²) in [7, 11) is 2.43. The van der Waals surface area contributed by atoms with E-state index < -0.39 is 0 Å². The Balaban J connectivity index is 3.15. The van der Waals surface area contributed by atoms with Gasteiger partial charge in [0, 0.05) is 12.1 Å². The van der Waals surface area contributed by atoms with Crippen LogP contribution >= 0.6 is 9.24 Å². The molecule has 0 aliphatic rings. The molecule has 1 aromatic rings. The van der Waals surface area contributed by atoms with E-state index in [2.05, 4.69) is 9.24 Å². The second kappa shape index (κ2) is 3.29. The number of hydrogen-bond donors (Lipinski definition) is 0. The molecule has 0 aliphatic heterocycles. The first-order chi connectivity index (χ1) is 5.24. The molecule has 1 aromatic carbocycles. The van der Waals surface area contributed by atoms with Gasteiger partial charge in [0.25, 0.3) is 0 Å². The molecule has 0 spiro atoms. The minimum atomic E-state index is 0.160. The van der Waals surface area contributed by atoms with E-state index in [0.717, 1.165) is 5.30 Å². The van der Waals surface area contributed by atoms with Crippen LogP contribution in [0.3, 0.4) is 0 Å². The molecule has 0 heterocycles. The van der Waals surface area contributed by atoms with Gasteiger partial charge in [-0.25, -0.2) is 0 Å². The van der Waals surface area contributed by atoms with Crippen molar-refractivity contribution in [2.24, 2.45) is 0 Å². The Morgan fingerprint density at radius 3 is 2.82 bits per heavy atom. The van der Waals surface area contributed by atoms with E-state index in [1.54, 1.807) is 18.2 Å². The Morgan fingerprint density at radius 1 is 1.55 bits per heavy atom. The van der Waals surface area contributed by atoms with Gasteiger partial charge in [0.2, 0.25) is 5.69 Å². The molecule has 1 unspecified atom stereocenters. The number of nitrogens with zero attached hydrogens (tertiary/aromatic N) is 1. The van der Waals surface area contributed by atoms with Gasteiger partial charge in [-0.15, -0.1) is 9.24 Å². The quantitative estimate of drug-likeness (QED) is 0.154. The normalized spacial score (nSPS) is 8.82. The monoisotopic (exact) mass is 167 g/mol. The lowest BCUT2D eigenvalue weighted by Crippen LogP contribution is -1.96. The van der Waals surface area contributed by atoms with Gasteiger partial charge in [-0.2, -0.15) is 4.79 Å². The van der Waals surface area contributed by atoms with Crippen molar-refractivity contribution in [3.8, 4) is 0 Å². The van der Waals surface area contributed by atoms with E-state index in [9.17, 15) is 10.0 Å². The molecule has 1 atom stereocenters. The number of rotatable bonds is 1. The van der Waals surface area contributed by atoms with Crippen LogP contribution in [0.4, 0.5) is 5.69 Å². The van der Waals surface area contributed by atoms with Crippen molar-refractivity contribution < 1.29 is 9.53 Å². The summed E-state index contributed by atoms with van der Waals surface area (Å²) < 4.78 is 0.160. The van der Waals surface area contributed by atoms with Crippen molar-refractivity contribution >= 4 is 26.3 Å². The molecular weight excluding hydrogens is 161 g/mol. The van der Waals surface area contributed by atoms with E-state index in [1.807, 2.05) is 6.07 Å². The van der Waals surface area contributed by atoms with Crippen LogP contribution < -0.4 is 5.30 Å². The van der Waals surface area contributed by atoms with Crippen molar-refractivity contribution in [1.82, 2.24) is 0 Å². The third kappa shape index (κ3) is 1.87. The lowest BCUT2D eigenvalue weighted by atomic mass is 10.3. The number of isocyanates is 1. The third-order valence-corrected chi connectivity index (χ3v) is 1.55.